The van der Waals surface area contributed by atoms with Crippen molar-refractivity contribution in [3.8, 4) is 0 Å². The van der Waals surface area contributed by atoms with E-state index in [1.807, 2.05) is 0 Å². The number of rotatable bonds is 5. The topological polar surface area (TPSA) is 55.6 Å². The summed E-state index contributed by atoms with van der Waals surface area (Å²) in [6.07, 6.45) is 2.40. The van der Waals surface area contributed by atoms with Gasteiger partial charge in [-0.05, 0) is 18.2 Å². The highest BCUT2D eigenvalue weighted by atomic mass is 15.6. The monoisotopic (exact) mass is 169 g/mol. The highest BCUT2D eigenvalue weighted by molar-refractivity contribution is 4.74. The minimum atomic E-state index is 0.716. The summed E-state index contributed by atoms with van der Waals surface area (Å²) in [7, 11) is 1.77. The summed E-state index contributed by atoms with van der Waals surface area (Å²) in [5, 5.41) is 14.9. The van der Waals surface area contributed by atoms with E-state index < -0.39 is 0 Å². The maximum atomic E-state index is 4.04. The van der Waals surface area contributed by atoms with Gasteiger partial charge in [0.2, 0.25) is 0 Å². The minimum absolute atomic E-state index is 0.716. The summed E-state index contributed by atoms with van der Waals surface area (Å²) in [4.78, 5) is 1.47. The van der Waals surface area contributed by atoms with Crippen LogP contribution in [0.5, 0.6) is 0 Å². The third-order valence-electron chi connectivity index (χ3n) is 1.54. The van der Waals surface area contributed by atoms with Gasteiger partial charge in [-0.3, -0.25) is 0 Å². The lowest BCUT2D eigenvalue weighted by Gasteiger charge is -1.97. The van der Waals surface area contributed by atoms with E-state index >= 15 is 0 Å². The molecule has 0 saturated heterocycles. The molecule has 0 fully saturated rings. The Morgan fingerprint density at radius 1 is 1.50 bits per heavy atom. The lowest BCUT2D eigenvalue weighted by Crippen LogP contribution is -2.15. The summed E-state index contributed by atoms with van der Waals surface area (Å²) in [6, 6.07) is 0. The van der Waals surface area contributed by atoms with Crippen LogP contribution in [-0.4, -0.2) is 26.8 Å². The zero-order valence-electron chi connectivity index (χ0n) is 7.62. The van der Waals surface area contributed by atoms with Gasteiger partial charge in [-0.1, -0.05) is 13.3 Å². The second-order valence-corrected chi connectivity index (χ2v) is 2.73. The average Bonchev–Trinajstić information content (AvgIpc) is 2.45. The Labute approximate surface area is 72.2 Å². The van der Waals surface area contributed by atoms with Gasteiger partial charge in [-0.25, -0.2) is 0 Å². The molecule has 1 aromatic rings. The van der Waals surface area contributed by atoms with Gasteiger partial charge in [0.05, 0.1) is 13.6 Å². The van der Waals surface area contributed by atoms with Crippen LogP contribution >= 0.6 is 0 Å². The second kappa shape index (κ2) is 4.82. The molecule has 0 aliphatic heterocycles. The summed E-state index contributed by atoms with van der Waals surface area (Å²) < 4.78 is 0. The van der Waals surface area contributed by atoms with E-state index in [1.54, 1.807) is 7.05 Å². The molecule has 0 bridgehead atoms. The molecule has 5 nitrogen and oxygen atoms in total. The van der Waals surface area contributed by atoms with Gasteiger partial charge in [0.25, 0.3) is 0 Å². The number of hydrogen-bond acceptors (Lipinski definition) is 4. The van der Waals surface area contributed by atoms with Crippen molar-refractivity contribution in [1.29, 1.82) is 0 Å². The van der Waals surface area contributed by atoms with E-state index in [-0.39, 0.29) is 0 Å². The van der Waals surface area contributed by atoms with Crippen LogP contribution in [0.1, 0.15) is 25.6 Å². The van der Waals surface area contributed by atoms with Gasteiger partial charge in [-0.2, -0.15) is 4.80 Å². The Kier molecular flexibility index (Phi) is 3.66. The average molecular weight is 169 g/mol. The van der Waals surface area contributed by atoms with Crippen LogP contribution in [0.3, 0.4) is 0 Å². The van der Waals surface area contributed by atoms with Crippen molar-refractivity contribution >= 4 is 0 Å². The first kappa shape index (κ1) is 9.12. The molecule has 0 saturated carbocycles. The molecule has 1 aromatic heterocycles. The van der Waals surface area contributed by atoms with Gasteiger partial charge in [0, 0.05) is 0 Å². The molecule has 5 heteroatoms. The van der Waals surface area contributed by atoms with Crippen LogP contribution < -0.4 is 5.32 Å². The fraction of sp³-hybridized carbons (Fsp3) is 0.857. The highest BCUT2D eigenvalue weighted by Gasteiger charge is 1.97. The number of aromatic nitrogens is 4. The van der Waals surface area contributed by atoms with Gasteiger partial charge in [0.1, 0.15) is 0 Å². The van der Waals surface area contributed by atoms with Crippen LogP contribution in [-0.2, 0) is 13.6 Å². The number of nitrogens with zero attached hydrogens (tertiary/aromatic N) is 4. The van der Waals surface area contributed by atoms with E-state index in [9.17, 15) is 0 Å². The third kappa shape index (κ3) is 2.96. The fourth-order valence-electron chi connectivity index (χ4n) is 0.896. The molecule has 0 radical (unpaired) electrons. The quantitative estimate of drug-likeness (QED) is 0.635. The zero-order chi connectivity index (χ0) is 8.81. The van der Waals surface area contributed by atoms with E-state index in [2.05, 4.69) is 27.7 Å². The van der Waals surface area contributed by atoms with Crippen LogP contribution in [0.4, 0.5) is 0 Å². The molecule has 0 aliphatic carbocycles. The Morgan fingerprint density at radius 2 is 2.33 bits per heavy atom. The summed E-state index contributed by atoms with van der Waals surface area (Å²) in [5.41, 5.74) is 0. The SMILES string of the molecule is CCCCNCc1nnn(C)n1. The van der Waals surface area contributed by atoms with E-state index in [0.717, 1.165) is 12.4 Å². The first-order valence-electron chi connectivity index (χ1n) is 4.26. The molecule has 12 heavy (non-hydrogen) atoms. The van der Waals surface area contributed by atoms with Crippen LogP contribution in [0.25, 0.3) is 0 Å². The molecule has 0 spiro atoms. The predicted molar refractivity (Wildman–Crippen MR) is 45.4 cm³/mol. The van der Waals surface area contributed by atoms with Crippen molar-refractivity contribution in [2.75, 3.05) is 6.54 Å². The van der Waals surface area contributed by atoms with E-state index in [0.29, 0.717) is 6.54 Å². The number of unbranched alkanes of at least 4 members (excludes halogenated alkanes) is 1. The molecule has 0 unspecified atom stereocenters. The lowest BCUT2D eigenvalue weighted by molar-refractivity contribution is 0.608. The van der Waals surface area contributed by atoms with E-state index in [4.69, 9.17) is 0 Å². The number of hydrogen-bond donors (Lipinski definition) is 1. The summed E-state index contributed by atoms with van der Waals surface area (Å²) in [5.74, 6) is 0.758. The van der Waals surface area contributed by atoms with Crippen molar-refractivity contribution < 1.29 is 0 Å². The minimum Gasteiger partial charge on any atom is -0.310 e. The highest BCUT2D eigenvalue weighted by Crippen LogP contribution is 1.86. The fourth-order valence-corrected chi connectivity index (χ4v) is 0.896. The molecular formula is C7H15N5. The largest absolute Gasteiger partial charge is 0.310 e. The Morgan fingerprint density at radius 3 is 2.92 bits per heavy atom. The van der Waals surface area contributed by atoms with Gasteiger partial charge in [-0.15, -0.1) is 10.2 Å². The third-order valence-corrected chi connectivity index (χ3v) is 1.54. The van der Waals surface area contributed by atoms with Crippen molar-refractivity contribution in [1.82, 2.24) is 25.5 Å². The summed E-state index contributed by atoms with van der Waals surface area (Å²) >= 11 is 0. The standard InChI is InChI=1S/C7H15N5/c1-3-4-5-8-6-7-9-11-12(2)10-7/h8H,3-6H2,1-2H3. The molecule has 1 heterocycles. The molecule has 0 aromatic carbocycles. The van der Waals surface area contributed by atoms with Gasteiger partial charge >= 0.3 is 0 Å². The van der Waals surface area contributed by atoms with Crippen LogP contribution in [0, 0.1) is 0 Å². The molecule has 68 valence electrons. The maximum Gasteiger partial charge on any atom is 0.188 e. The Bertz CT molecular complexity index is 219. The molecule has 1 N–H and O–H groups in total. The Hall–Kier alpha value is -0.970. The molecular weight excluding hydrogens is 154 g/mol. The Balaban J connectivity index is 2.15. The summed E-state index contributed by atoms with van der Waals surface area (Å²) in [6.45, 7) is 3.91. The lowest BCUT2D eigenvalue weighted by atomic mass is 10.3. The number of nitrogens with one attached hydrogen (secondary N) is 1. The van der Waals surface area contributed by atoms with Crippen molar-refractivity contribution in [2.24, 2.45) is 7.05 Å². The smallest absolute Gasteiger partial charge is 0.188 e. The van der Waals surface area contributed by atoms with Crippen LogP contribution in [0.15, 0.2) is 0 Å². The van der Waals surface area contributed by atoms with Crippen LogP contribution in [0.2, 0.25) is 0 Å². The zero-order valence-corrected chi connectivity index (χ0v) is 7.62. The van der Waals surface area contributed by atoms with Gasteiger partial charge < -0.3 is 5.32 Å². The maximum absolute atomic E-state index is 4.04. The predicted octanol–water partition coefficient (Wildman–Crippen LogP) is 0.0998. The van der Waals surface area contributed by atoms with Crippen molar-refractivity contribution in [3.05, 3.63) is 5.82 Å². The number of tetrazole rings is 1. The van der Waals surface area contributed by atoms with E-state index in [1.165, 1.54) is 17.6 Å². The first-order valence-corrected chi connectivity index (χ1v) is 4.26. The number of aryl methyl sites for hydroxylation is 1. The van der Waals surface area contributed by atoms with Crippen molar-refractivity contribution in [2.45, 2.75) is 26.3 Å². The second-order valence-electron chi connectivity index (χ2n) is 2.73. The molecule has 0 amide bonds. The normalized spacial score (nSPS) is 10.5. The van der Waals surface area contributed by atoms with Crippen molar-refractivity contribution in [3.63, 3.8) is 0 Å². The molecule has 0 atom stereocenters. The van der Waals surface area contributed by atoms with Gasteiger partial charge in [0.15, 0.2) is 5.82 Å². The molecule has 0 aliphatic rings. The molecule has 1 rings (SSSR count). The first-order chi connectivity index (χ1) is 5.83.